The van der Waals surface area contributed by atoms with Crippen LogP contribution in [0.2, 0.25) is 0 Å². The molecule has 0 aliphatic heterocycles. The van der Waals surface area contributed by atoms with E-state index < -0.39 is 5.60 Å². The zero-order valence-electron chi connectivity index (χ0n) is 10.2. The van der Waals surface area contributed by atoms with Crippen LogP contribution in [0.15, 0.2) is 18.5 Å². The van der Waals surface area contributed by atoms with E-state index in [1.165, 1.54) is 0 Å². The lowest BCUT2D eigenvalue weighted by molar-refractivity contribution is -0.0131. The lowest BCUT2D eigenvalue weighted by atomic mass is 9.82. The molecule has 0 saturated heterocycles. The zero-order chi connectivity index (χ0) is 11.8. The van der Waals surface area contributed by atoms with Crippen molar-refractivity contribution in [3.8, 4) is 5.75 Å². The first-order chi connectivity index (χ1) is 7.49. The van der Waals surface area contributed by atoms with Crippen molar-refractivity contribution < 1.29 is 9.84 Å². The Balaban J connectivity index is 2.29. The summed E-state index contributed by atoms with van der Waals surface area (Å²) in [7, 11) is 0. The van der Waals surface area contributed by atoms with Gasteiger partial charge in [-0.15, -0.1) is 0 Å². The summed E-state index contributed by atoms with van der Waals surface area (Å²) < 4.78 is 5.40. The molecule has 0 spiro atoms. The summed E-state index contributed by atoms with van der Waals surface area (Å²) in [5, 5.41) is 10.6. The maximum atomic E-state index is 10.6. The summed E-state index contributed by atoms with van der Waals surface area (Å²) in [4.78, 5) is 4.13. The number of pyridine rings is 1. The molecule has 1 unspecified atom stereocenters. The Kier molecular flexibility index (Phi) is 2.66. The maximum absolute atomic E-state index is 10.6. The second kappa shape index (κ2) is 3.74. The predicted molar refractivity (Wildman–Crippen MR) is 62.3 cm³/mol. The van der Waals surface area contributed by atoms with Gasteiger partial charge in [0.15, 0.2) is 0 Å². The second-order valence-corrected chi connectivity index (χ2v) is 4.98. The highest BCUT2D eigenvalue weighted by Gasteiger charge is 2.53. The quantitative estimate of drug-likeness (QED) is 0.849. The molecule has 0 radical (unpaired) electrons. The van der Waals surface area contributed by atoms with Crippen LogP contribution in [0, 0.1) is 5.41 Å². The van der Waals surface area contributed by atoms with Gasteiger partial charge >= 0.3 is 0 Å². The van der Waals surface area contributed by atoms with Gasteiger partial charge in [0.1, 0.15) is 5.75 Å². The van der Waals surface area contributed by atoms with E-state index in [9.17, 15) is 5.11 Å². The molecule has 3 nitrogen and oxygen atoms in total. The Morgan fingerprint density at radius 3 is 2.75 bits per heavy atom. The Morgan fingerprint density at radius 1 is 1.50 bits per heavy atom. The van der Waals surface area contributed by atoms with Gasteiger partial charge in [-0.3, -0.25) is 4.98 Å². The topological polar surface area (TPSA) is 42.4 Å². The van der Waals surface area contributed by atoms with Crippen LogP contribution in [0.25, 0.3) is 0 Å². The van der Waals surface area contributed by atoms with Gasteiger partial charge in [0.05, 0.1) is 18.4 Å². The number of rotatable bonds is 4. The summed E-state index contributed by atoms with van der Waals surface area (Å²) in [6, 6.07) is 1.89. The van der Waals surface area contributed by atoms with Gasteiger partial charge in [-0.2, -0.15) is 0 Å². The molecule has 1 N–H and O–H groups in total. The van der Waals surface area contributed by atoms with Crippen LogP contribution >= 0.6 is 0 Å². The lowest BCUT2D eigenvalue weighted by Gasteiger charge is -2.30. The molecule has 0 amide bonds. The third-order valence-corrected chi connectivity index (χ3v) is 3.76. The zero-order valence-corrected chi connectivity index (χ0v) is 10.2. The summed E-state index contributed by atoms with van der Waals surface area (Å²) >= 11 is 0. The Hall–Kier alpha value is -1.09. The lowest BCUT2D eigenvalue weighted by Crippen LogP contribution is -2.31. The minimum atomic E-state index is -0.812. The van der Waals surface area contributed by atoms with Crippen molar-refractivity contribution in [1.82, 2.24) is 4.98 Å². The summed E-state index contributed by atoms with van der Waals surface area (Å²) in [5.41, 5.74) is 0.0329. The third kappa shape index (κ3) is 1.80. The Bertz CT molecular complexity index is 383. The molecule has 1 aromatic rings. The van der Waals surface area contributed by atoms with Gasteiger partial charge in [-0.05, 0) is 32.8 Å². The monoisotopic (exact) mass is 221 g/mol. The van der Waals surface area contributed by atoms with E-state index >= 15 is 0 Å². The summed E-state index contributed by atoms with van der Waals surface area (Å²) in [6.45, 7) is 6.53. The van der Waals surface area contributed by atoms with Crippen LogP contribution in [-0.4, -0.2) is 16.7 Å². The molecule has 1 heterocycles. The normalized spacial score (nSPS) is 21.2. The molecule has 88 valence electrons. The third-order valence-electron chi connectivity index (χ3n) is 3.76. The number of hydrogen-bond acceptors (Lipinski definition) is 3. The summed E-state index contributed by atoms with van der Waals surface area (Å²) in [5.74, 6) is 0.726. The van der Waals surface area contributed by atoms with Crippen LogP contribution in [0.1, 0.15) is 39.2 Å². The van der Waals surface area contributed by atoms with E-state index in [1.54, 1.807) is 12.4 Å². The number of nitrogens with zero attached hydrogens (tertiary/aromatic N) is 1. The van der Waals surface area contributed by atoms with Gasteiger partial charge < -0.3 is 9.84 Å². The molecular formula is C13H19NO2. The molecule has 16 heavy (non-hydrogen) atoms. The fourth-order valence-electron chi connectivity index (χ4n) is 1.95. The first-order valence-electron chi connectivity index (χ1n) is 5.80. The SMILES string of the molecule is CCOc1cncc(C(C)(O)C2(C)CC2)c1. The van der Waals surface area contributed by atoms with Crippen LogP contribution in [0.3, 0.4) is 0 Å². The molecule has 1 aliphatic carbocycles. The largest absolute Gasteiger partial charge is 0.492 e. The van der Waals surface area contributed by atoms with Gasteiger partial charge in [-0.25, -0.2) is 0 Å². The summed E-state index contributed by atoms with van der Waals surface area (Å²) in [6.07, 6.45) is 5.54. The molecule has 1 aromatic heterocycles. The highest BCUT2D eigenvalue weighted by Crippen LogP contribution is 2.57. The van der Waals surface area contributed by atoms with Crippen molar-refractivity contribution >= 4 is 0 Å². The molecule has 1 fully saturated rings. The minimum absolute atomic E-state index is 0.000478. The molecule has 1 saturated carbocycles. The van der Waals surface area contributed by atoms with Crippen molar-refractivity contribution in [2.45, 2.75) is 39.2 Å². The van der Waals surface area contributed by atoms with E-state index in [0.29, 0.717) is 6.61 Å². The Morgan fingerprint density at radius 2 is 2.19 bits per heavy atom. The van der Waals surface area contributed by atoms with Crippen LogP contribution in [-0.2, 0) is 5.60 Å². The first-order valence-corrected chi connectivity index (χ1v) is 5.80. The van der Waals surface area contributed by atoms with E-state index in [2.05, 4.69) is 11.9 Å². The highest BCUT2D eigenvalue weighted by atomic mass is 16.5. The smallest absolute Gasteiger partial charge is 0.137 e. The van der Waals surface area contributed by atoms with E-state index in [4.69, 9.17) is 4.74 Å². The van der Waals surface area contributed by atoms with Crippen LogP contribution in [0.4, 0.5) is 0 Å². The first kappa shape index (κ1) is 11.4. The van der Waals surface area contributed by atoms with Crippen LogP contribution < -0.4 is 4.74 Å². The predicted octanol–water partition coefficient (Wildman–Crippen LogP) is 2.49. The molecule has 0 aromatic carbocycles. The molecule has 2 rings (SSSR count). The van der Waals surface area contributed by atoms with Gasteiger partial charge in [0.2, 0.25) is 0 Å². The van der Waals surface area contributed by atoms with Gasteiger partial charge in [0, 0.05) is 17.2 Å². The fourth-order valence-corrected chi connectivity index (χ4v) is 1.95. The molecule has 1 aliphatic rings. The molecule has 1 atom stereocenters. The van der Waals surface area contributed by atoms with Crippen molar-refractivity contribution in [1.29, 1.82) is 0 Å². The van der Waals surface area contributed by atoms with Crippen LogP contribution in [0.5, 0.6) is 5.75 Å². The maximum Gasteiger partial charge on any atom is 0.137 e. The highest BCUT2D eigenvalue weighted by molar-refractivity contribution is 5.30. The number of ether oxygens (including phenoxy) is 1. The number of hydrogen-bond donors (Lipinski definition) is 1. The van der Waals surface area contributed by atoms with E-state index in [0.717, 1.165) is 24.2 Å². The molecule has 0 bridgehead atoms. The van der Waals surface area contributed by atoms with Crippen molar-refractivity contribution in [2.24, 2.45) is 5.41 Å². The van der Waals surface area contributed by atoms with Crippen molar-refractivity contribution in [2.75, 3.05) is 6.61 Å². The second-order valence-electron chi connectivity index (χ2n) is 4.98. The fraction of sp³-hybridized carbons (Fsp3) is 0.615. The number of aromatic nitrogens is 1. The van der Waals surface area contributed by atoms with Gasteiger partial charge in [0.25, 0.3) is 0 Å². The van der Waals surface area contributed by atoms with Crippen molar-refractivity contribution in [3.05, 3.63) is 24.0 Å². The average molecular weight is 221 g/mol. The minimum Gasteiger partial charge on any atom is -0.492 e. The standard InChI is InChI=1S/C13H19NO2/c1-4-16-11-7-10(8-14-9-11)13(3,15)12(2)5-6-12/h7-9,15H,4-6H2,1-3H3. The van der Waals surface area contributed by atoms with E-state index in [-0.39, 0.29) is 5.41 Å². The molecule has 3 heteroatoms. The average Bonchev–Trinajstić information content (AvgIpc) is 2.99. The van der Waals surface area contributed by atoms with Crippen molar-refractivity contribution in [3.63, 3.8) is 0 Å². The Labute approximate surface area is 96.5 Å². The van der Waals surface area contributed by atoms with Gasteiger partial charge in [-0.1, -0.05) is 6.92 Å². The van der Waals surface area contributed by atoms with E-state index in [1.807, 2.05) is 19.9 Å². The number of aliphatic hydroxyl groups is 1. The molecular weight excluding hydrogens is 202 g/mol.